The highest BCUT2D eigenvalue weighted by atomic mass is 16.1. The van der Waals surface area contributed by atoms with Crippen LogP contribution in [0, 0.1) is 11.3 Å². The van der Waals surface area contributed by atoms with Gasteiger partial charge in [-0.3, -0.25) is 4.79 Å². The molecule has 0 spiro atoms. The Kier molecular flexibility index (Phi) is 2.01. The molecular formula is C10H11N3O. The van der Waals surface area contributed by atoms with Crippen LogP contribution in [0.25, 0.3) is 0 Å². The maximum absolute atomic E-state index is 11.2. The lowest BCUT2D eigenvalue weighted by molar-refractivity contribution is 0.0999. The number of nitrogens with zero attached hydrogens (tertiary/aromatic N) is 2. The van der Waals surface area contributed by atoms with Crippen LogP contribution in [-0.2, 0) is 13.0 Å². The Bertz CT molecular complexity index is 425. The molecule has 1 aliphatic heterocycles. The fraction of sp³-hybridized carbons (Fsp3) is 0.400. The van der Waals surface area contributed by atoms with Gasteiger partial charge in [0.25, 0.3) is 5.91 Å². The molecule has 1 aliphatic rings. The van der Waals surface area contributed by atoms with Crippen molar-refractivity contribution < 1.29 is 4.79 Å². The lowest BCUT2D eigenvalue weighted by Gasteiger charge is -2.15. The highest BCUT2D eigenvalue weighted by Gasteiger charge is 2.21. The van der Waals surface area contributed by atoms with Crippen molar-refractivity contribution in [1.82, 2.24) is 4.57 Å². The standard InChI is InChI=1S/C10H11N3O/c11-5-7-6-13-4-2-1-3-8(13)9(7)10(12)14/h6H,1-4H2,(H2,12,14). The first-order valence-corrected chi connectivity index (χ1v) is 4.66. The molecule has 1 aromatic rings. The minimum Gasteiger partial charge on any atom is -0.366 e. The maximum atomic E-state index is 11.2. The predicted octanol–water partition coefficient (Wildman–Crippen LogP) is 0.795. The van der Waals surface area contributed by atoms with Gasteiger partial charge < -0.3 is 10.3 Å². The number of primary amides is 1. The lowest BCUT2D eigenvalue weighted by Crippen LogP contribution is -2.17. The average Bonchev–Trinajstić information content (AvgIpc) is 2.55. The van der Waals surface area contributed by atoms with Crippen molar-refractivity contribution in [1.29, 1.82) is 5.26 Å². The summed E-state index contributed by atoms with van der Waals surface area (Å²) in [6.45, 7) is 0.886. The minimum absolute atomic E-state index is 0.411. The zero-order valence-corrected chi connectivity index (χ0v) is 7.79. The second-order valence-electron chi connectivity index (χ2n) is 3.49. The molecule has 2 rings (SSSR count). The van der Waals surface area contributed by atoms with E-state index in [-0.39, 0.29) is 0 Å². The van der Waals surface area contributed by atoms with Crippen LogP contribution >= 0.6 is 0 Å². The molecule has 0 aromatic carbocycles. The number of carbonyl (C=O) groups is 1. The van der Waals surface area contributed by atoms with E-state index in [1.165, 1.54) is 0 Å². The van der Waals surface area contributed by atoms with Crippen LogP contribution in [0.15, 0.2) is 6.20 Å². The Hall–Kier alpha value is -1.76. The molecule has 2 N–H and O–H groups in total. The summed E-state index contributed by atoms with van der Waals surface area (Å²) >= 11 is 0. The highest BCUT2D eigenvalue weighted by molar-refractivity contribution is 5.96. The SMILES string of the molecule is N#Cc1cn2c(c1C(N)=O)CCCC2. The van der Waals surface area contributed by atoms with Gasteiger partial charge in [0.2, 0.25) is 0 Å². The van der Waals surface area contributed by atoms with E-state index in [1.54, 1.807) is 6.20 Å². The molecular weight excluding hydrogens is 178 g/mol. The number of nitrogens with two attached hydrogens (primary N) is 1. The normalized spacial score (nSPS) is 14.5. The van der Waals surface area contributed by atoms with E-state index in [4.69, 9.17) is 11.0 Å². The Labute approximate surface area is 81.9 Å². The smallest absolute Gasteiger partial charge is 0.251 e. The number of amides is 1. The first kappa shape index (κ1) is 8.82. The summed E-state index contributed by atoms with van der Waals surface area (Å²) < 4.78 is 1.97. The van der Waals surface area contributed by atoms with Gasteiger partial charge in [0, 0.05) is 18.4 Å². The molecule has 0 aliphatic carbocycles. The largest absolute Gasteiger partial charge is 0.366 e. The molecule has 0 radical (unpaired) electrons. The maximum Gasteiger partial charge on any atom is 0.251 e. The molecule has 1 aromatic heterocycles. The monoisotopic (exact) mass is 189 g/mol. The van der Waals surface area contributed by atoms with Gasteiger partial charge in [0.05, 0.1) is 11.1 Å². The second kappa shape index (κ2) is 3.18. The van der Waals surface area contributed by atoms with Crippen LogP contribution in [0.5, 0.6) is 0 Å². The van der Waals surface area contributed by atoms with Crippen LogP contribution in [-0.4, -0.2) is 10.5 Å². The molecule has 0 bridgehead atoms. The van der Waals surface area contributed by atoms with Crippen LogP contribution in [0.1, 0.15) is 34.5 Å². The second-order valence-corrected chi connectivity index (χ2v) is 3.49. The third-order valence-corrected chi connectivity index (χ3v) is 2.62. The first-order chi connectivity index (χ1) is 6.74. The molecule has 0 atom stereocenters. The number of carbonyl (C=O) groups excluding carboxylic acids is 1. The summed E-state index contributed by atoms with van der Waals surface area (Å²) in [6.07, 6.45) is 4.74. The zero-order chi connectivity index (χ0) is 10.1. The third-order valence-electron chi connectivity index (χ3n) is 2.62. The fourth-order valence-corrected chi connectivity index (χ4v) is 2.00. The molecule has 1 amide bonds. The molecule has 0 unspecified atom stereocenters. The van der Waals surface area contributed by atoms with Crippen molar-refractivity contribution in [2.45, 2.75) is 25.8 Å². The van der Waals surface area contributed by atoms with Crippen LogP contribution in [0.2, 0.25) is 0 Å². The minimum atomic E-state index is -0.489. The van der Waals surface area contributed by atoms with E-state index >= 15 is 0 Å². The number of hydrogen-bond donors (Lipinski definition) is 1. The number of fused-ring (bicyclic) bond motifs is 1. The van der Waals surface area contributed by atoms with Crippen molar-refractivity contribution in [3.05, 3.63) is 23.0 Å². The van der Waals surface area contributed by atoms with Crippen molar-refractivity contribution >= 4 is 5.91 Å². The van der Waals surface area contributed by atoms with E-state index < -0.39 is 5.91 Å². The predicted molar refractivity (Wildman–Crippen MR) is 50.6 cm³/mol. The van der Waals surface area contributed by atoms with Crippen LogP contribution in [0.4, 0.5) is 0 Å². The topological polar surface area (TPSA) is 71.8 Å². The van der Waals surface area contributed by atoms with Gasteiger partial charge in [0.1, 0.15) is 6.07 Å². The van der Waals surface area contributed by atoms with Gasteiger partial charge in [-0.2, -0.15) is 5.26 Å². The van der Waals surface area contributed by atoms with Gasteiger partial charge in [-0.15, -0.1) is 0 Å². The summed E-state index contributed by atoms with van der Waals surface area (Å²) in [6, 6.07) is 2.01. The Morgan fingerprint density at radius 1 is 1.57 bits per heavy atom. The van der Waals surface area contributed by atoms with Gasteiger partial charge in [0.15, 0.2) is 0 Å². The number of aromatic nitrogens is 1. The van der Waals surface area contributed by atoms with E-state index in [0.717, 1.165) is 31.5 Å². The summed E-state index contributed by atoms with van der Waals surface area (Å²) in [7, 11) is 0. The molecule has 0 fully saturated rings. The molecule has 72 valence electrons. The number of nitriles is 1. The van der Waals surface area contributed by atoms with Gasteiger partial charge >= 0.3 is 0 Å². The van der Waals surface area contributed by atoms with Gasteiger partial charge in [-0.1, -0.05) is 0 Å². The summed E-state index contributed by atoms with van der Waals surface area (Å²) in [5, 5.41) is 8.85. The molecule has 4 nitrogen and oxygen atoms in total. The molecule has 4 heteroatoms. The Balaban J connectivity index is 2.60. The van der Waals surface area contributed by atoms with Crippen LogP contribution < -0.4 is 5.73 Å². The summed E-state index contributed by atoms with van der Waals surface area (Å²) in [4.78, 5) is 11.2. The molecule has 2 heterocycles. The van der Waals surface area contributed by atoms with E-state index in [9.17, 15) is 4.79 Å². The van der Waals surface area contributed by atoms with Crippen molar-refractivity contribution in [3.63, 3.8) is 0 Å². The quantitative estimate of drug-likeness (QED) is 0.709. The van der Waals surface area contributed by atoms with Gasteiger partial charge in [-0.05, 0) is 19.3 Å². The molecule has 0 saturated heterocycles. The Morgan fingerprint density at radius 3 is 3.00 bits per heavy atom. The summed E-state index contributed by atoms with van der Waals surface area (Å²) in [5.74, 6) is -0.489. The first-order valence-electron chi connectivity index (χ1n) is 4.66. The average molecular weight is 189 g/mol. The van der Waals surface area contributed by atoms with E-state index in [1.807, 2.05) is 10.6 Å². The van der Waals surface area contributed by atoms with E-state index in [2.05, 4.69) is 0 Å². The fourth-order valence-electron chi connectivity index (χ4n) is 2.00. The van der Waals surface area contributed by atoms with Crippen LogP contribution in [0.3, 0.4) is 0 Å². The van der Waals surface area contributed by atoms with Gasteiger partial charge in [-0.25, -0.2) is 0 Å². The highest BCUT2D eigenvalue weighted by Crippen LogP contribution is 2.23. The van der Waals surface area contributed by atoms with Crippen molar-refractivity contribution in [3.8, 4) is 6.07 Å². The molecule has 0 saturated carbocycles. The summed E-state index contributed by atoms with van der Waals surface area (Å²) in [5.41, 5.74) is 7.02. The zero-order valence-electron chi connectivity index (χ0n) is 7.79. The Morgan fingerprint density at radius 2 is 2.36 bits per heavy atom. The lowest BCUT2D eigenvalue weighted by atomic mass is 10.0. The number of rotatable bonds is 1. The van der Waals surface area contributed by atoms with Crippen molar-refractivity contribution in [2.75, 3.05) is 0 Å². The number of hydrogen-bond acceptors (Lipinski definition) is 2. The number of aryl methyl sites for hydroxylation is 1. The molecule has 14 heavy (non-hydrogen) atoms. The third kappa shape index (κ3) is 1.18. The van der Waals surface area contributed by atoms with E-state index in [0.29, 0.717) is 11.1 Å². The van der Waals surface area contributed by atoms with Crippen molar-refractivity contribution in [2.24, 2.45) is 5.73 Å².